The minimum Gasteiger partial charge on any atom is -0.336 e. The molecule has 0 unspecified atom stereocenters. The van der Waals surface area contributed by atoms with Crippen LogP contribution in [0.25, 0.3) is 11.0 Å². The van der Waals surface area contributed by atoms with Crippen molar-refractivity contribution in [3.63, 3.8) is 0 Å². The average Bonchev–Trinajstić information content (AvgIpc) is 3.07. The Hall–Kier alpha value is -2.96. The molecule has 2 amide bonds. The summed E-state index contributed by atoms with van der Waals surface area (Å²) in [7, 11) is 3.69. The van der Waals surface area contributed by atoms with Gasteiger partial charge >= 0.3 is 6.03 Å². The van der Waals surface area contributed by atoms with Crippen molar-refractivity contribution in [3.05, 3.63) is 54.4 Å². The SMILES string of the molecule is CCC[C@@H](NC(=O)N(C)Cc1cnc2ccccc2n1)c1nccn1C. The van der Waals surface area contributed by atoms with Crippen molar-refractivity contribution in [2.45, 2.75) is 32.4 Å². The molecule has 7 heteroatoms. The lowest BCUT2D eigenvalue weighted by Crippen LogP contribution is -2.39. The first-order valence-corrected chi connectivity index (χ1v) is 8.78. The standard InChI is InChI=1S/C19H24N6O/c1-4-7-17(18-20-10-11-24(18)2)23-19(26)25(3)13-14-12-21-15-8-5-6-9-16(15)22-14/h5-6,8-12,17H,4,7,13H2,1-3H3,(H,23,26)/t17-/m1/s1. The van der Waals surface area contributed by atoms with Crippen LogP contribution in [0.15, 0.2) is 42.9 Å². The fourth-order valence-electron chi connectivity index (χ4n) is 2.91. The van der Waals surface area contributed by atoms with Gasteiger partial charge < -0.3 is 14.8 Å². The van der Waals surface area contributed by atoms with Crippen LogP contribution in [-0.4, -0.2) is 37.5 Å². The Labute approximate surface area is 153 Å². The zero-order chi connectivity index (χ0) is 18.5. The minimum atomic E-state index is -0.151. The predicted molar refractivity (Wildman–Crippen MR) is 100 cm³/mol. The largest absolute Gasteiger partial charge is 0.336 e. The quantitative estimate of drug-likeness (QED) is 0.740. The molecule has 1 atom stereocenters. The second-order valence-corrected chi connectivity index (χ2v) is 6.39. The summed E-state index contributed by atoms with van der Waals surface area (Å²) >= 11 is 0. The normalized spacial score (nSPS) is 12.1. The highest BCUT2D eigenvalue weighted by Gasteiger charge is 2.20. The van der Waals surface area contributed by atoms with Crippen molar-refractivity contribution in [1.82, 2.24) is 29.7 Å². The number of carbonyl (C=O) groups excluding carboxylic acids is 1. The van der Waals surface area contributed by atoms with Crippen molar-refractivity contribution in [2.75, 3.05) is 7.05 Å². The molecule has 3 aromatic rings. The van der Waals surface area contributed by atoms with E-state index in [0.29, 0.717) is 6.54 Å². The van der Waals surface area contributed by atoms with E-state index in [2.05, 4.69) is 27.2 Å². The molecule has 7 nitrogen and oxygen atoms in total. The molecule has 1 aromatic carbocycles. The molecule has 0 radical (unpaired) electrons. The molecule has 0 saturated heterocycles. The van der Waals surface area contributed by atoms with Gasteiger partial charge in [-0.05, 0) is 18.6 Å². The molecule has 3 rings (SSSR count). The number of rotatable bonds is 6. The van der Waals surface area contributed by atoms with Crippen LogP contribution in [0.1, 0.15) is 37.3 Å². The summed E-state index contributed by atoms with van der Waals surface area (Å²) in [6.45, 7) is 2.49. The number of nitrogens with zero attached hydrogens (tertiary/aromatic N) is 5. The second-order valence-electron chi connectivity index (χ2n) is 6.39. The van der Waals surface area contributed by atoms with Crippen LogP contribution in [-0.2, 0) is 13.6 Å². The van der Waals surface area contributed by atoms with Gasteiger partial charge in [-0.1, -0.05) is 25.5 Å². The average molecular weight is 352 g/mol. The molecule has 136 valence electrons. The summed E-state index contributed by atoms with van der Waals surface area (Å²) < 4.78 is 1.94. The maximum Gasteiger partial charge on any atom is 0.318 e. The molecular formula is C19H24N6O. The van der Waals surface area contributed by atoms with Crippen LogP contribution in [0, 0.1) is 0 Å². The molecule has 0 spiro atoms. The van der Waals surface area contributed by atoms with Gasteiger partial charge in [-0.3, -0.25) is 4.98 Å². The van der Waals surface area contributed by atoms with Gasteiger partial charge in [-0.25, -0.2) is 14.8 Å². The zero-order valence-corrected chi connectivity index (χ0v) is 15.4. The predicted octanol–water partition coefficient (Wildman–Crippen LogP) is 3.05. The van der Waals surface area contributed by atoms with Gasteiger partial charge in [0.1, 0.15) is 5.82 Å². The highest BCUT2D eigenvalue weighted by atomic mass is 16.2. The summed E-state index contributed by atoms with van der Waals surface area (Å²) in [5.41, 5.74) is 2.43. The first kappa shape index (κ1) is 17.8. The van der Waals surface area contributed by atoms with Crippen LogP contribution in [0.2, 0.25) is 0 Å². The van der Waals surface area contributed by atoms with Crippen LogP contribution >= 0.6 is 0 Å². The maximum absolute atomic E-state index is 12.6. The van der Waals surface area contributed by atoms with Gasteiger partial charge in [0.25, 0.3) is 0 Å². The number of benzene rings is 1. The Morgan fingerprint density at radius 1 is 1.27 bits per heavy atom. The number of imidazole rings is 1. The molecule has 0 aliphatic rings. The molecule has 0 aliphatic heterocycles. The number of fused-ring (bicyclic) bond motifs is 1. The van der Waals surface area contributed by atoms with Crippen LogP contribution in [0.4, 0.5) is 4.79 Å². The molecule has 1 N–H and O–H groups in total. The van der Waals surface area contributed by atoms with Crippen molar-refractivity contribution in [3.8, 4) is 0 Å². The number of hydrogen-bond donors (Lipinski definition) is 1. The molecule has 0 saturated carbocycles. The summed E-state index contributed by atoms with van der Waals surface area (Å²) in [6.07, 6.45) is 7.14. The third-order valence-electron chi connectivity index (χ3n) is 4.29. The molecule has 0 bridgehead atoms. The lowest BCUT2D eigenvalue weighted by molar-refractivity contribution is 0.200. The Balaban J connectivity index is 1.68. The lowest BCUT2D eigenvalue weighted by atomic mass is 10.1. The highest BCUT2D eigenvalue weighted by molar-refractivity contribution is 5.75. The number of para-hydroxylation sites is 2. The van der Waals surface area contributed by atoms with E-state index in [1.807, 2.05) is 42.1 Å². The number of carbonyl (C=O) groups is 1. The Morgan fingerprint density at radius 3 is 2.73 bits per heavy atom. The van der Waals surface area contributed by atoms with Gasteiger partial charge in [0, 0.05) is 26.5 Å². The summed E-state index contributed by atoms with van der Waals surface area (Å²) in [5.74, 6) is 0.860. The molecule has 2 aromatic heterocycles. The summed E-state index contributed by atoms with van der Waals surface area (Å²) in [5, 5.41) is 3.07. The zero-order valence-electron chi connectivity index (χ0n) is 15.4. The maximum atomic E-state index is 12.6. The van der Waals surface area contributed by atoms with Gasteiger partial charge in [0.15, 0.2) is 0 Å². The van der Waals surface area contributed by atoms with Gasteiger partial charge in [-0.15, -0.1) is 0 Å². The van der Waals surface area contributed by atoms with E-state index in [0.717, 1.165) is 35.4 Å². The summed E-state index contributed by atoms with van der Waals surface area (Å²) in [4.78, 5) is 27.6. The monoisotopic (exact) mass is 352 g/mol. The van der Waals surface area contributed by atoms with E-state index < -0.39 is 0 Å². The van der Waals surface area contributed by atoms with Crippen molar-refractivity contribution >= 4 is 17.1 Å². The van der Waals surface area contributed by atoms with Gasteiger partial charge in [0.05, 0.1) is 35.5 Å². The topological polar surface area (TPSA) is 75.9 Å². The number of aromatic nitrogens is 4. The third kappa shape index (κ3) is 3.99. The molecule has 0 fully saturated rings. The van der Waals surface area contributed by atoms with Crippen LogP contribution in [0.5, 0.6) is 0 Å². The molecule has 26 heavy (non-hydrogen) atoms. The Kier molecular flexibility index (Phi) is 5.46. The second kappa shape index (κ2) is 7.95. The smallest absolute Gasteiger partial charge is 0.318 e. The van der Waals surface area contributed by atoms with E-state index in [1.54, 1.807) is 24.3 Å². The number of aryl methyl sites for hydroxylation is 1. The van der Waals surface area contributed by atoms with Crippen molar-refractivity contribution in [1.29, 1.82) is 0 Å². The molecular weight excluding hydrogens is 328 g/mol. The van der Waals surface area contributed by atoms with E-state index in [4.69, 9.17) is 0 Å². The minimum absolute atomic E-state index is 0.113. The fraction of sp³-hybridized carbons (Fsp3) is 0.368. The lowest BCUT2D eigenvalue weighted by Gasteiger charge is -2.23. The van der Waals surface area contributed by atoms with Gasteiger partial charge in [-0.2, -0.15) is 0 Å². The number of hydrogen-bond acceptors (Lipinski definition) is 4. The van der Waals surface area contributed by atoms with E-state index in [-0.39, 0.29) is 12.1 Å². The fourth-order valence-corrected chi connectivity index (χ4v) is 2.91. The van der Waals surface area contributed by atoms with Crippen LogP contribution < -0.4 is 5.32 Å². The highest BCUT2D eigenvalue weighted by Crippen LogP contribution is 2.17. The first-order chi connectivity index (χ1) is 12.6. The number of nitrogens with one attached hydrogen (secondary N) is 1. The third-order valence-corrected chi connectivity index (χ3v) is 4.29. The molecule has 2 heterocycles. The number of urea groups is 1. The molecule has 0 aliphatic carbocycles. The Bertz CT molecular complexity index is 890. The van der Waals surface area contributed by atoms with E-state index in [1.165, 1.54) is 0 Å². The van der Waals surface area contributed by atoms with Crippen LogP contribution in [0.3, 0.4) is 0 Å². The Morgan fingerprint density at radius 2 is 2.04 bits per heavy atom. The van der Waals surface area contributed by atoms with Crippen molar-refractivity contribution < 1.29 is 4.79 Å². The first-order valence-electron chi connectivity index (χ1n) is 8.78. The van der Waals surface area contributed by atoms with Gasteiger partial charge in [0.2, 0.25) is 0 Å². The van der Waals surface area contributed by atoms with E-state index >= 15 is 0 Å². The van der Waals surface area contributed by atoms with E-state index in [9.17, 15) is 4.79 Å². The number of amides is 2. The summed E-state index contributed by atoms with van der Waals surface area (Å²) in [6, 6.07) is 7.44. The van der Waals surface area contributed by atoms with Crippen molar-refractivity contribution in [2.24, 2.45) is 7.05 Å².